The highest BCUT2D eigenvalue weighted by molar-refractivity contribution is 8.00. The molecule has 1 N–H and O–H groups in total. The molecule has 0 spiro atoms. The van der Waals surface area contributed by atoms with Gasteiger partial charge < -0.3 is 24.4 Å². The van der Waals surface area contributed by atoms with Gasteiger partial charge in [-0.2, -0.15) is 0 Å². The number of rotatable bonds is 13. The van der Waals surface area contributed by atoms with Crippen molar-refractivity contribution in [1.29, 1.82) is 0 Å². The summed E-state index contributed by atoms with van der Waals surface area (Å²) >= 11 is 1.29. The van der Waals surface area contributed by atoms with Gasteiger partial charge >= 0.3 is 17.9 Å². The van der Waals surface area contributed by atoms with Crippen LogP contribution >= 0.6 is 11.8 Å². The topological polar surface area (TPSA) is 128 Å². The predicted octanol–water partition coefficient (Wildman–Crippen LogP) is 5.63. The van der Waals surface area contributed by atoms with Crippen molar-refractivity contribution in [3.8, 4) is 0 Å². The first-order chi connectivity index (χ1) is 25.2. The van der Waals surface area contributed by atoms with Gasteiger partial charge in [-0.3, -0.25) is 24.0 Å². The van der Waals surface area contributed by atoms with Gasteiger partial charge in [-0.25, -0.2) is 0 Å². The third-order valence-electron chi connectivity index (χ3n) is 9.30. The van der Waals surface area contributed by atoms with E-state index in [0.717, 1.165) is 22.3 Å². The van der Waals surface area contributed by atoms with Crippen molar-refractivity contribution in [3.63, 3.8) is 0 Å². The van der Waals surface area contributed by atoms with Gasteiger partial charge in [-0.1, -0.05) is 128 Å². The Balaban J connectivity index is 1.15. The molecule has 52 heavy (non-hydrogen) atoms. The first-order valence-corrected chi connectivity index (χ1v) is 18.2. The van der Waals surface area contributed by atoms with Crippen LogP contribution in [0.1, 0.15) is 54.7 Å². The second-order valence-corrected chi connectivity index (χ2v) is 14.0. The van der Waals surface area contributed by atoms with Crippen molar-refractivity contribution in [2.24, 2.45) is 11.3 Å². The summed E-state index contributed by atoms with van der Waals surface area (Å²) in [6.07, 6.45) is -1.30. The molecule has 2 fully saturated rings. The van der Waals surface area contributed by atoms with Crippen molar-refractivity contribution in [3.05, 3.63) is 144 Å². The normalized spacial score (nSPS) is 19.9. The number of ether oxygens (including phenoxy) is 3. The SMILES string of the molecule is CCC(C(=O)NC1C(=O)N2CC(COC(C)=O)(C(=O)OC(c3ccccc3)c3ccccc3)CS[C@H]12)C(=O)OC(c1ccccc1)c1ccccc1. The standard InChI is InChI=1S/C41H40N2O8S/c1-3-32(39(47)50-34(28-16-8-4-9-17-28)29-18-10-5-11-19-29)36(45)42-33-37(46)43-24-41(25-49-27(2)44,26-52-38(33)43)40(48)51-35(30-20-12-6-13-21-30)31-22-14-7-15-23-31/h4-23,32-35,38H,3,24-26H2,1-2H3,(H,42,45)/t32?,33?,38-,41?/m1/s1. The number of nitrogens with one attached hydrogen (secondary N) is 1. The maximum Gasteiger partial charge on any atom is 0.319 e. The van der Waals surface area contributed by atoms with Crippen LogP contribution in [0.15, 0.2) is 121 Å². The van der Waals surface area contributed by atoms with Crippen molar-refractivity contribution in [2.45, 2.75) is 43.9 Å². The van der Waals surface area contributed by atoms with Crippen LogP contribution in [0.4, 0.5) is 0 Å². The molecule has 268 valence electrons. The molecule has 10 nitrogen and oxygen atoms in total. The van der Waals surface area contributed by atoms with Crippen LogP contribution in [0, 0.1) is 11.3 Å². The summed E-state index contributed by atoms with van der Waals surface area (Å²) in [6.45, 7) is 2.61. The highest BCUT2D eigenvalue weighted by Crippen LogP contribution is 2.44. The number of hydrogen-bond acceptors (Lipinski definition) is 9. The van der Waals surface area contributed by atoms with Crippen LogP contribution in [-0.2, 0) is 38.2 Å². The Labute approximate surface area is 306 Å². The molecule has 2 amide bonds. The van der Waals surface area contributed by atoms with E-state index in [1.165, 1.54) is 23.6 Å². The molecule has 0 radical (unpaired) electrons. The zero-order valence-corrected chi connectivity index (χ0v) is 29.7. The van der Waals surface area contributed by atoms with Crippen LogP contribution in [0.3, 0.4) is 0 Å². The number of carbonyl (C=O) groups excluding carboxylic acids is 5. The zero-order chi connectivity index (χ0) is 36.7. The number of fused-ring (bicyclic) bond motifs is 1. The van der Waals surface area contributed by atoms with E-state index in [1.54, 1.807) is 6.92 Å². The number of β-lactam (4-membered cyclic amide) rings is 1. The van der Waals surface area contributed by atoms with E-state index in [2.05, 4.69) is 5.32 Å². The highest BCUT2D eigenvalue weighted by Gasteiger charge is 2.59. The summed E-state index contributed by atoms with van der Waals surface area (Å²) in [5.41, 5.74) is 1.68. The summed E-state index contributed by atoms with van der Waals surface area (Å²) in [5, 5.41) is 2.28. The molecule has 0 aliphatic carbocycles. The second-order valence-electron chi connectivity index (χ2n) is 12.9. The van der Waals surface area contributed by atoms with Gasteiger partial charge in [0.1, 0.15) is 29.4 Å². The maximum absolute atomic E-state index is 14.1. The Morgan fingerprint density at radius 1 is 0.769 bits per heavy atom. The predicted molar refractivity (Wildman–Crippen MR) is 194 cm³/mol. The molecule has 6 rings (SSSR count). The van der Waals surface area contributed by atoms with E-state index in [9.17, 15) is 24.0 Å². The van der Waals surface area contributed by atoms with Gasteiger partial charge in [-0.15, -0.1) is 11.8 Å². The molecular formula is C41H40N2O8S. The minimum absolute atomic E-state index is 0.0760. The van der Waals surface area contributed by atoms with Crippen LogP contribution in [0.25, 0.3) is 0 Å². The summed E-state index contributed by atoms with van der Waals surface area (Å²) in [7, 11) is 0. The molecular weight excluding hydrogens is 681 g/mol. The molecule has 2 heterocycles. The Hall–Kier alpha value is -5.42. The summed E-state index contributed by atoms with van der Waals surface area (Å²) in [6, 6.07) is 36.3. The summed E-state index contributed by atoms with van der Waals surface area (Å²) in [5.74, 6) is -3.91. The Bertz CT molecular complexity index is 1800. The molecule has 0 bridgehead atoms. The molecule has 0 saturated carbocycles. The molecule has 4 atom stereocenters. The van der Waals surface area contributed by atoms with Crippen molar-refractivity contribution >= 4 is 41.5 Å². The monoisotopic (exact) mass is 720 g/mol. The first-order valence-electron chi connectivity index (χ1n) is 17.2. The minimum Gasteiger partial charge on any atom is -0.465 e. The van der Waals surface area contributed by atoms with Crippen LogP contribution in [0.2, 0.25) is 0 Å². The van der Waals surface area contributed by atoms with Crippen LogP contribution in [-0.4, -0.2) is 64.9 Å². The molecule has 0 aromatic heterocycles. The van der Waals surface area contributed by atoms with Gasteiger partial charge in [0, 0.05) is 19.2 Å². The van der Waals surface area contributed by atoms with E-state index >= 15 is 0 Å². The quantitative estimate of drug-likeness (QED) is 0.0810. The highest BCUT2D eigenvalue weighted by atomic mass is 32.2. The zero-order valence-electron chi connectivity index (χ0n) is 28.9. The average Bonchev–Trinajstić information content (AvgIpc) is 3.18. The molecule has 4 aromatic rings. The molecule has 3 unspecified atom stereocenters. The van der Waals surface area contributed by atoms with Gasteiger partial charge in [0.15, 0.2) is 12.2 Å². The summed E-state index contributed by atoms with van der Waals surface area (Å²) in [4.78, 5) is 68.3. The molecule has 2 saturated heterocycles. The Kier molecular flexibility index (Phi) is 11.4. The van der Waals surface area contributed by atoms with Crippen molar-refractivity contribution in [1.82, 2.24) is 10.2 Å². The number of benzene rings is 4. The van der Waals surface area contributed by atoms with E-state index in [1.807, 2.05) is 121 Å². The lowest BCUT2D eigenvalue weighted by Gasteiger charge is -2.54. The molecule has 2 aliphatic heterocycles. The number of nitrogens with zero attached hydrogens (tertiary/aromatic N) is 1. The van der Waals surface area contributed by atoms with E-state index < -0.39 is 64.7 Å². The minimum atomic E-state index is -1.36. The fourth-order valence-corrected chi connectivity index (χ4v) is 7.97. The van der Waals surface area contributed by atoms with Crippen molar-refractivity contribution in [2.75, 3.05) is 18.9 Å². The lowest BCUT2D eigenvalue weighted by atomic mass is 9.87. The van der Waals surface area contributed by atoms with Gasteiger partial charge in [0.2, 0.25) is 11.8 Å². The number of hydrogen-bond donors (Lipinski definition) is 1. The second kappa shape index (κ2) is 16.3. The Morgan fingerprint density at radius 2 is 1.23 bits per heavy atom. The fraction of sp³-hybridized carbons (Fsp3) is 0.293. The Morgan fingerprint density at radius 3 is 1.67 bits per heavy atom. The van der Waals surface area contributed by atoms with E-state index in [4.69, 9.17) is 14.2 Å². The molecule has 2 aliphatic rings. The lowest BCUT2D eigenvalue weighted by molar-refractivity contribution is -0.172. The number of esters is 3. The maximum atomic E-state index is 14.1. The average molecular weight is 721 g/mol. The third-order valence-corrected chi connectivity index (χ3v) is 10.9. The van der Waals surface area contributed by atoms with E-state index in [0.29, 0.717) is 0 Å². The first kappa shape index (κ1) is 36.4. The van der Waals surface area contributed by atoms with E-state index in [-0.39, 0.29) is 25.3 Å². The largest absolute Gasteiger partial charge is 0.465 e. The number of amides is 2. The number of thioether (sulfide) groups is 1. The van der Waals surface area contributed by atoms with Crippen LogP contribution < -0.4 is 5.32 Å². The fourth-order valence-electron chi connectivity index (χ4n) is 6.45. The number of carbonyl (C=O) groups is 5. The van der Waals surface area contributed by atoms with Gasteiger partial charge in [0.25, 0.3) is 0 Å². The molecule has 11 heteroatoms. The van der Waals surface area contributed by atoms with Crippen LogP contribution in [0.5, 0.6) is 0 Å². The summed E-state index contributed by atoms with van der Waals surface area (Å²) < 4.78 is 17.6. The van der Waals surface area contributed by atoms with Gasteiger partial charge in [0.05, 0.1) is 0 Å². The van der Waals surface area contributed by atoms with Gasteiger partial charge in [-0.05, 0) is 28.7 Å². The smallest absolute Gasteiger partial charge is 0.319 e. The third kappa shape index (κ3) is 7.89. The molecule has 4 aromatic carbocycles. The van der Waals surface area contributed by atoms with Crippen molar-refractivity contribution < 1.29 is 38.2 Å². The lowest BCUT2D eigenvalue weighted by Crippen LogP contribution is -2.74.